The van der Waals surface area contributed by atoms with Crippen molar-refractivity contribution >= 4 is 27.3 Å². The van der Waals surface area contributed by atoms with E-state index in [2.05, 4.69) is 5.32 Å². The molecule has 0 spiro atoms. The number of hydrogen-bond donors (Lipinski definition) is 1. The highest BCUT2D eigenvalue weighted by molar-refractivity contribution is 7.89. The molecule has 20 heavy (non-hydrogen) atoms. The topological polar surface area (TPSA) is 66.5 Å². The minimum Gasteiger partial charge on any atom is -0.355 e. The van der Waals surface area contributed by atoms with Crippen LogP contribution in [0.2, 0.25) is 0 Å². The second-order valence-electron chi connectivity index (χ2n) is 5.36. The van der Waals surface area contributed by atoms with E-state index in [1.165, 1.54) is 15.6 Å². The SMILES string of the molecule is CC(C)CC1C(=O)NCCCN1S(=O)(=O)c1ccsc1. The zero-order valence-corrected chi connectivity index (χ0v) is 13.3. The lowest BCUT2D eigenvalue weighted by molar-refractivity contribution is -0.124. The van der Waals surface area contributed by atoms with Crippen molar-refractivity contribution in [2.24, 2.45) is 5.92 Å². The summed E-state index contributed by atoms with van der Waals surface area (Å²) in [7, 11) is -3.59. The van der Waals surface area contributed by atoms with E-state index in [0.29, 0.717) is 25.9 Å². The fourth-order valence-electron chi connectivity index (χ4n) is 2.34. The molecule has 1 N–H and O–H groups in total. The number of sulfonamides is 1. The lowest BCUT2D eigenvalue weighted by Gasteiger charge is -2.28. The molecule has 2 heterocycles. The van der Waals surface area contributed by atoms with Crippen LogP contribution in [0.3, 0.4) is 0 Å². The van der Waals surface area contributed by atoms with Gasteiger partial charge in [0.15, 0.2) is 0 Å². The highest BCUT2D eigenvalue weighted by Gasteiger charge is 2.37. The van der Waals surface area contributed by atoms with E-state index in [0.717, 1.165) is 0 Å². The zero-order chi connectivity index (χ0) is 14.8. The lowest BCUT2D eigenvalue weighted by atomic mass is 10.0. The molecule has 1 amide bonds. The molecule has 1 aliphatic rings. The van der Waals surface area contributed by atoms with Gasteiger partial charge in [0.25, 0.3) is 0 Å². The molecule has 112 valence electrons. The number of carbonyl (C=O) groups is 1. The second kappa shape index (κ2) is 6.24. The van der Waals surface area contributed by atoms with Crippen molar-refractivity contribution in [3.63, 3.8) is 0 Å². The predicted molar refractivity (Wildman–Crippen MR) is 79.1 cm³/mol. The number of amides is 1. The molecular formula is C13H20N2O3S2. The number of nitrogens with one attached hydrogen (secondary N) is 1. The monoisotopic (exact) mass is 316 g/mol. The van der Waals surface area contributed by atoms with Crippen molar-refractivity contribution in [3.05, 3.63) is 16.8 Å². The van der Waals surface area contributed by atoms with Crippen LogP contribution in [0.5, 0.6) is 0 Å². The van der Waals surface area contributed by atoms with E-state index in [1.54, 1.807) is 16.8 Å². The quantitative estimate of drug-likeness (QED) is 0.919. The van der Waals surface area contributed by atoms with Gasteiger partial charge in [-0.05, 0) is 30.2 Å². The Bertz CT molecular complexity index is 552. The van der Waals surface area contributed by atoms with Crippen LogP contribution >= 0.6 is 11.3 Å². The van der Waals surface area contributed by atoms with Crippen LogP contribution < -0.4 is 5.32 Å². The molecule has 0 bridgehead atoms. The average Bonchev–Trinajstić information content (AvgIpc) is 2.84. The van der Waals surface area contributed by atoms with Crippen molar-refractivity contribution in [1.82, 2.24) is 9.62 Å². The Labute approximate surface area is 124 Å². The van der Waals surface area contributed by atoms with Gasteiger partial charge in [-0.2, -0.15) is 15.6 Å². The molecule has 7 heteroatoms. The smallest absolute Gasteiger partial charge is 0.244 e. The van der Waals surface area contributed by atoms with E-state index in [1.807, 2.05) is 13.8 Å². The molecule has 1 unspecified atom stereocenters. The number of carbonyl (C=O) groups excluding carboxylic acids is 1. The van der Waals surface area contributed by atoms with E-state index in [-0.39, 0.29) is 16.7 Å². The van der Waals surface area contributed by atoms with Crippen LogP contribution in [0.15, 0.2) is 21.7 Å². The molecule has 1 fully saturated rings. The molecule has 1 aromatic rings. The average molecular weight is 316 g/mol. The molecule has 0 aromatic carbocycles. The maximum atomic E-state index is 12.7. The van der Waals surface area contributed by atoms with Gasteiger partial charge in [-0.3, -0.25) is 4.79 Å². The van der Waals surface area contributed by atoms with Crippen LogP contribution in [0.25, 0.3) is 0 Å². The zero-order valence-electron chi connectivity index (χ0n) is 11.7. The largest absolute Gasteiger partial charge is 0.355 e. The first kappa shape index (κ1) is 15.5. The van der Waals surface area contributed by atoms with Crippen LogP contribution in [0.1, 0.15) is 26.7 Å². The Hall–Kier alpha value is -0.920. The van der Waals surface area contributed by atoms with Gasteiger partial charge in [0.1, 0.15) is 6.04 Å². The molecule has 2 rings (SSSR count). The number of nitrogens with zero attached hydrogens (tertiary/aromatic N) is 1. The van der Waals surface area contributed by atoms with Gasteiger partial charge in [-0.25, -0.2) is 8.42 Å². The van der Waals surface area contributed by atoms with Gasteiger partial charge in [-0.1, -0.05) is 13.8 Å². The second-order valence-corrected chi connectivity index (χ2v) is 8.04. The minimum atomic E-state index is -3.59. The van der Waals surface area contributed by atoms with Crippen LogP contribution in [-0.4, -0.2) is 37.8 Å². The summed E-state index contributed by atoms with van der Waals surface area (Å²) < 4.78 is 26.8. The summed E-state index contributed by atoms with van der Waals surface area (Å²) in [6, 6.07) is 0.984. The summed E-state index contributed by atoms with van der Waals surface area (Å²) in [5.74, 6) is 0.0685. The van der Waals surface area contributed by atoms with E-state index >= 15 is 0 Å². The third kappa shape index (κ3) is 3.21. The van der Waals surface area contributed by atoms with Gasteiger partial charge < -0.3 is 5.32 Å². The molecule has 5 nitrogen and oxygen atoms in total. The summed E-state index contributed by atoms with van der Waals surface area (Å²) in [5, 5.41) is 6.16. The van der Waals surface area contributed by atoms with E-state index < -0.39 is 16.1 Å². The summed E-state index contributed by atoms with van der Waals surface area (Å²) in [6.45, 7) is 4.90. The Morgan fingerprint density at radius 3 is 2.85 bits per heavy atom. The van der Waals surface area contributed by atoms with Crippen LogP contribution in [-0.2, 0) is 14.8 Å². The third-order valence-corrected chi connectivity index (χ3v) is 6.04. The van der Waals surface area contributed by atoms with Crippen molar-refractivity contribution in [3.8, 4) is 0 Å². The highest BCUT2D eigenvalue weighted by atomic mass is 32.2. The molecular weight excluding hydrogens is 296 g/mol. The molecule has 1 aliphatic heterocycles. The first-order valence-electron chi connectivity index (χ1n) is 6.74. The first-order chi connectivity index (χ1) is 9.43. The van der Waals surface area contributed by atoms with Crippen molar-refractivity contribution < 1.29 is 13.2 Å². The minimum absolute atomic E-state index is 0.185. The molecule has 1 saturated heterocycles. The summed E-state index contributed by atoms with van der Waals surface area (Å²) in [4.78, 5) is 12.4. The lowest BCUT2D eigenvalue weighted by Crippen LogP contribution is -2.47. The fraction of sp³-hybridized carbons (Fsp3) is 0.615. The van der Waals surface area contributed by atoms with Gasteiger partial charge >= 0.3 is 0 Å². The Morgan fingerprint density at radius 1 is 1.50 bits per heavy atom. The van der Waals surface area contributed by atoms with Crippen molar-refractivity contribution in [2.45, 2.75) is 37.6 Å². The van der Waals surface area contributed by atoms with Gasteiger partial charge in [0, 0.05) is 18.5 Å². The van der Waals surface area contributed by atoms with E-state index in [9.17, 15) is 13.2 Å². The van der Waals surface area contributed by atoms with Gasteiger partial charge in [0.2, 0.25) is 15.9 Å². The molecule has 1 aromatic heterocycles. The number of hydrogen-bond acceptors (Lipinski definition) is 4. The normalized spacial score (nSPS) is 21.8. The van der Waals surface area contributed by atoms with Crippen molar-refractivity contribution in [1.29, 1.82) is 0 Å². The van der Waals surface area contributed by atoms with Crippen molar-refractivity contribution in [2.75, 3.05) is 13.1 Å². The number of rotatable bonds is 4. The standard InChI is InChI=1S/C13H20N2O3S2/c1-10(2)8-12-13(16)14-5-3-6-15(12)20(17,18)11-4-7-19-9-11/h4,7,9-10,12H,3,5-6,8H2,1-2H3,(H,14,16). The maximum absolute atomic E-state index is 12.7. The molecule has 0 saturated carbocycles. The first-order valence-corrected chi connectivity index (χ1v) is 9.13. The summed E-state index contributed by atoms with van der Waals surface area (Å²) in [5.41, 5.74) is 0. The Balaban J connectivity index is 2.36. The molecule has 0 radical (unpaired) electrons. The Kier molecular flexibility index (Phi) is 4.82. The molecule has 1 atom stereocenters. The van der Waals surface area contributed by atoms with Gasteiger partial charge in [-0.15, -0.1) is 0 Å². The summed E-state index contributed by atoms with van der Waals surface area (Å²) in [6.07, 6.45) is 1.18. The Morgan fingerprint density at radius 2 is 2.25 bits per heavy atom. The van der Waals surface area contributed by atoms with Crippen LogP contribution in [0.4, 0.5) is 0 Å². The number of thiophene rings is 1. The predicted octanol–water partition coefficient (Wildman–Crippen LogP) is 1.67. The van der Waals surface area contributed by atoms with E-state index in [4.69, 9.17) is 0 Å². The summed E-state index contributed by atoms with van der Waals surface area (Å²) >= 11 is 1.35. The molecule has 0 aliphatic carbocycles. The highest BCUT2D eigenvalue weighted by Crippen LogP contribution is 2.25. The fourth-order valence-corrected chi connectivity index (χ4v) is 5.00. The third-order valence-electron chi connectivity index (χ3n) is 3.30. The maximum Gasteiger partial charge on any atom is 0.244 e. The van der Waals surface area contributed by atoms with Crippen LogP contribution in [0, 0.1) is 5.92 Å². The van der Waals surface area contributed by atoms with Gasteiger partial charge in [0.05, 0.1) is 4.90 Å².